The van der Waals surface area contributed by atoms with E-state index < -0.39 is 0 Å². The van der Waals surface area contributed by atoms with Crippen molar-refractivity contribution in [2.24, 2.45) is 4.99 Å². The molecule has 1 unspecified atom stereocenters. The van der Waals surface area contributed by atoms with Gasteiger partial charge < -0.3 is 10.1 Å². The highest BCUT2D eigenvalue weighted by Gasteiger charge is 2.19. The van der Waals surface area contributed by atoms with Crippen LogP contribution in [-0.4, -0.2) is 12.1 Å². The van der Waals surface area contributed by atoms with E-state index in [-0.39, 0.29) is 6.04 Å². The molecular formula is C11H12N2O. The van der Waals surface area contributed by atoms with E-state index in [1.165, 1.54) is 0 Å². The van der Waals surface area contributed by atoms with Crippen LogP contribution in [0.1, 0.15) is 24.1 Å². The average Bonchev–Trinajstić information content (AvgIpc) is 2.18. The minimum absolute atomic E-state index is 0.342. The van der Waals surface area contributed by atoms with Crippen LogP contribution in [0.25, 0.3) is 0 Å². The van der Waals surface area contributed by atoms with Crippen molar-refractivity contribution in [2.45, 2.75) is 19.9 Å². The predicted octanol–water partition coefficient (Wildman–Crippen LogP) is 2.08. The number of carbonyl (C=O) groups excluding carboxylic acids is 1. The lowest BCUT2D eigenvalue weighted by atomic mass is 10.0. The number of hydrogen-bond acceptors (Lipinski definition) is 3. The molecule has 0 amide bonds. The van der Waals surface area contributed by atoms with Gasteiger partial charge in [0.15, 0.2) is 0 Å². The van der Waals surface area contributed by atoms with Gasteiger partial charge >= 0.3 is 0 Å². The van der Waals surface area contributed by atoms with E-state index in [0.29, 0.717) is 0 Å². The largest absolute Gasteiger partial charge is 0.344 e. The molecule has 0 saturated carbocycles. The second-order valence-corrected chi connectivity index (χ2v) is 3.46. The van der Waals surface area contributed by atoms with E-state index >= 15 is 0 Å². The van der Waals surface area contributed by atoms with Crippen LogP contribution in [0, 0.1) is 6.92 Å². The van der Waals surface area contributed by atoms with E-state index in [4.69, 9.17) is 0 Å². The monoisotopic (exact) mass is 188 g/mol. The van der Waals surface area contributed by atoms with Gasteiger partial charge in [-0.25, -0.2) is 0 Å². The Morgan fingerprint density at radius 2 is 2.21 bits per heavy atom. The van der Waals surface area contributed by atoms with Crippen LogP contribution in [0.15, 0.2) is 23.2 Å². The Kier molecular flexibility index (Phi) is 2.08. The highest BCUT2D eigenvalue weighted by Crippen LogP contribution is 2.30. The molecule has 1 aliphatic heterocycles. The summed E-state index contributed by atoms with van der Waals surface area (Å²) in [5.74, 6) is 0.795. The number of anilines is 1. The minimum atomic E-state index is -0.342. The van der Waals surface area contributed by atoms with Gasteiger partial charge in [-0.2, -0.15) is 0 Å². The summed E-state index contributed by atoms with van der Waals surface area (Å²) in [6.07, 6.45) is 0.878. The molecule has 1 aromatic rings. The number of aryl methyl sites for hydroxylation is 1. The first-order chi connectivity index (χ1) is 6.72. The number of nitrogens with zero attached hydrogens (tertiary/aromatic N) is 1. The number of aliphatic imine (C=N–C) groups is 1. The number of benzene rings is 1. The first-order valence-electron chi connectivity index (χ1n) is 4.58. The molecule has 1 aliphatic rings. The molecule has 1 N–H and O–H groups in total. The maximum absolute atomic E-state index is 10.8. The highest BCUT2D eigenvalue weighted by atomic mass is 16.1. The van der Waals surface area contributed by atoms with Crippen LogP contribution in [0.4, 0.5) is 5.69 Å². The molecule has 0 saturated heterocycles. The number of rotatable bonds is 1. The number of aldehydes is 1. The fourth-order valence-corrected chi connectivity index (χ4v) is 1.70. The van der Waals surface area contributed by atoms with Crippen molar-refractivity contribution in [1.82, 2.24) is 0 Å². The average molecular weight is 188 g/mol. The van der Waals surface area contributed by atoms with Crippen LogP contribution in [0.2, 0.25) is 0 Å². The molecule has 3 nitrogen and oxygen atoms in total. The fraction of sp³-hybridized carbons (Fsp3) is 0.273. The summed E-state index contributed by atoms with van der Waals surface area (Å²) >= 11 is 0. The Hall–Kier alpha value is -1.64. The third-order valence-electron chi connectivity index (χ3n) is 2.39. The lowest BCUT2D eigenvalue weighted by Crippen LogP contribution is -2.19. The van der Waals surface area contributed by atoms with Gasteiger partial charge in [-0.3, -0.25) is 4.99 Å². The topological polar surface area (TPSA) is 41.5 Å². The molecular weight excluding hydrogens is 176 g/mol. The summed E-state index contributed by atoms with van der Waals surface area (Å²) in [7, 11) is 0. The molecule has 0 radical (unpaired) electrons. The number of para-hydroxylation sites is 1. The van der Waals surface area contributed by atoms with Crippen LogP contribution in [0.3, 0.4) is 0 Å². The van der Waals surface area contributed by atoms with Crippen LogP contribution < -0.4 is 5.32 Å². The second-order valence-electron chi connectivity index (χ2n) is 3.46. The van der Waals surface area contributed by atoms with E-state index in [2.05, 4.69) is 10.3 Å². The molecule has 0 bridgehead atoms. The molecule has 0 fully saturated rings. The first kappa shape index (κ1) is 8.94. The van der Waals surface area contributed by atoms with Crippen molar-refractivity contribution in [3.05, 3.63) is 29.3 Å². The first-order valence-corrected chi connectivity index (χ1v) is 4.58. The van der Waals surface area contributed by atoms with Crippen LogP contribution >= 0.6 is 0 Å². The molecule has 72 valence electrons. The molecule has 1 aromatic carbocycles. The molecule has 1 atom stereocenters. The third-order valence-corrected chi connectivity index (χ3v) is 2.39. The van der Waals surface area contributed by atoms with Gasteiger partial charge in [0, 0.05) is 11.3 Å². The molecule has 3 heteroatoms. The Labute approximate surface area is 82.9 Å². The van der Waals surface area contributed by atoms with E-state index in [9.17, 15) is 4.79 Å². The minimum Gasteiger partial charge on any atom is -0.344 e. The molecule has 2 rings (SSSR count). The summed E-state index contributed by atoms with van der Waals surface area (Å²) in [5, 5.41) is 3.18. The standard InChI is InChI=1S/C11H12N2O/c1-7-4-3-5-9-10(6-14)12-8(2)13-11(7)9/h3-6,10H,1-2H3,(H,12,13). The summed E-state index contributed by atoms with van der Waals surface area (Å²) in [6, 6.07) is 5.56. The summed E-state index contributed by atoms with van der Waals surface area (Å²) in [4.78, 5) is 15.1. The molecule has 0 aliphatic carbocycles. The van der Waals surface area contributed by atoms with Gasteiger partial charge in [-0.1, -0.05) is 18.2 Å². The predicted molar refractivity (Wildman–Crippen MR) is 56.7 cm³/mol. The van der Waals surface area contributed by atoms with Crippen LogP contribution in [-0.2, 0) is 4.79 Å². The Morgan fingerprint density at radius 3 is 2.93 bits per heavy atom. The van der Waals surface area contributed by atoms with Crippen molar-refractivity contribution in [1.29, 1.82) is 0 Å². The van der Waals surface area contributed by atoms with Crippen molar-refractivity contribution >= 4 is 17.8 Å². The summed E-state index contributed by atoms with van der Waals surface area (Å²) in [5.41, 5.74) is 3.13. The zero-order valence-electron chi connectivity index (χ0n) is 8.24. The number of fused-ring (bicyclic) bond motifs is 1. The van der Waals surface area contributed by atoms with Gasteiger partial charge in [0.1, 0.15) is 12.3 Å². The number of carbonyl (C=O) groups is 1. The van der Waals surface area contributed by atoms with Gasteiger partial charge in [0.25, 0.3) is 0 Å². The third kappa shape index (κ3) is 1.31. The quantitative estimate of drug-likeness (QED) is 0.685. The molecule has 14 heavy (non-hydrogen) atoms. The summed E-state index contributed by atoms with van der Waals surface area (Å²) in [6.45, 7) is 3.89. The van der Waals surface area contributed by atoms with Gasteiger partial charge in [-0.15, -0.1) is 0 Å². The van der Waals surface area contributed by atoms with Crippen molar-refractivity contribution in [2.75, 3.05) is 5.32 Å². The normalized spacial score (nSPS) is 19.3. The number of amidine groups is 1. The Balaban J connectivity index is 2.57. The van der Waals surface area contributed by atoms with Gasteiger partial charge in [-0.05, 0) is 19.4 Å². The Bertz CT molecular complexity index is 410. The van der Waals surface area contributed by atoms with E-state index in [1.807, 2.05) is 32.0 Å². The fourth-order valence-electron chi connectivity index (χ4n) is 1.70. The smallest absolute Gasteiger partial charge is 0.149 e. The number of hydrogen-bond donors (Lipinski definition) is 1. The maximum Gasteiger partial charge on any atom is 0.149 e. The maximum atomic E-state index is 10.8. The van der Waals surface area contributed by atoms with E-state index in [1.54, 1.807) is 0 Å². The van der Waals surface area contributed by atoms with Crippen molar-refractivity contribution in [3.8, 4) is 0 Å². The summed E-state index contributed by atoms with van der Waals surface area (Å²) < 4.78 is 0. The van der Waals surface area contributed by atoms with Crippen molar-refractivity contribution in [3.63, 3.8) is 0 Å². The number of nitrogens with one attached hydrogen (secondary N) is 1. The zero-order valence-corrected chi connectivity index (χ0v) is 8.24. The van der Waals surface area contributed by atoms with Gasteiger partial charge in [0.2, 0.25) is 0 Å². The zero-order chi connectivity index (χ0) is 10.1. The lowest BCUT2D eigenvalue weighted by molar-refractivity contribution is -0.108. The van der Waals surface area contributed by atoms with Crippen LogP contribution in [0.5, 0.6) is 0 Å². The molecule has 1 heterocycles. The highest BCUT2D eigenvalue weighted by molar-refractivity contribution is 5.98. The van der Waals surface area contributed by atoms with Gasteiger partial charge in [0.05, 0.1) is 5.84 Å². The lowest BCUT2D eigenvalue weighted by Gasteiger charge is -2.22. The van der Waals surface area contributed by atoms with E-state index in [0.717, 1.165) is 28.9 Å². The van der Waals surface area contributed by atoms with Crippen molar-refractivity contribution < 1.29 is 4.79 Å². The molecule has 0 aromatic heterocycles. The SMILES string of the molecule is CC1=NC(C=O)c2cccc(C)c2N1. The molecule has 0 spiro atoms. The second kappa shape index (κ2) is 3.25. The Morgan fingerprint density at radius 1 is 1.43 bits per heavy atom.